The third-order valence-corrected chi connectivity index (χ3v) is 6.45. The summed E-state index contributed by atoms with van der Waals surface area (Å²) in [7, 11) is -4.02. The fraction of sp³-hybridized carbons (Fsp3) is 0. The number of rotatable bonds is 4. The summed E-state index contributed by atoms with van der Waals surface area (Å²) in [6.45, 7) is 0. The zero-order valence-corrected chi connectivity index (χ0v) is 17.7. The van der Waals surface area contributed by atoms with Crippen molar-refractivity contribution in [2.75, 3.05) is 5.73 Å². The second-order valence-electron chi connectivity index (χ2n) is 6.89. The molecular formula is C22H14N8O2S. The van der Waals surface area contributed by atoms with Crippen molar-refractivity contribution in [2.24, 2.45) is 0 Å². The molecule has 0 spiro atoms. The lowest BCUT2D eigenvalue weighted by molar-refractivity contribution is 0.587. The fourth-order valence-corrected chi connectivity index (χ4v) is 4.52. The SMILES string of the molecule is N#Cc1ccccc1-c1nc(N)c2nc(S(=O)(=O)c3ccccc3)nn2c1-c1ccncn1. The summed E-state index contributed by atoms with van der Waals surface area (Å²) in [5.41, 5.74) is 8.12. The van der Waals surface area contributed by atoms with Gasteiger partial charge in [-0.2, -0.15) is 10.2 Å². The maximum atomic E-state index is 13.1. The minimum atomic E-state index is -4.02. The van der Waals surface area contributed by atoms with Gasteiger partial charge in [-0.05, 0) is 24.3 Å². The first-order valence-electron chi connectivity index (χ1n) is 9.63. The number of aromatic nitrogens is 6. The van der Waals surface area contributed by atoms with Crippen LogP contribution in [0.25, 0.3) is 28.3 Å². The molecule has 0 bridgehead atoms. The van der Waals surface area contributed by atoms with Crippen molar-refractivity contribution < 1.29 is 8.42 Å². The number of nitriles is 1. The van der Waals surface area contributed by atoms with Gasteiger partial charge in [-0.25, -0.2) is 27.9 Å². The Labute approximate surface area is 188 Å². The molecule has 3 heterocycles. The average molecular weight is 454 g/mol. The molecule has 3 aromatic heterocycles. The van der Waals surface area contributed by atoms with Crippen LogP contribution in [0.1, 0.15) is 5.56 Å². The highest BCUT2D eigenvalue weighted by Crippen LogP contribution is 2.34. The van der Waals surface area contributed by atoms with Gasteiger partial charge in [-0.3, -0.25) is 0 Å². The van der Waals surface area contributed by atoms with Gasteiger partial charge in [-0.15, -0.1) is 5.10 Å². The van der Waals surface area contributed by atoms with Crippen LogP contribution in [0.2, 0.25) is 0 Å². The molecule has 33 heavy (non-hydrogen) atoms. The first kappa shape index (κ1) is 20.2. The molecule has 0 aliphatic rings. The normalized spacial score (nSPS) is 11.4. The molecule has 0 aliphatic heterocycles. The maximum Gasteiger partial charge on any atom is 0.272 e. The second-order valence-corrected chi connectivity index (χ2v) is 8.74. The van der Waals surface area contributed by atoms with Gasteiger partial charge in [-0.1, -0.05) is 36.4 Å². The number of nitrogens with two attached hydrogens (primary N) is 1. The van der Waals surface area contributed by atoms with Crippen LogP contribution in [0.3, 0.4) is 0 Å². The summed E-state index contributed by atoms with van der Waals surface area (Å²) >= 11 is 0. The lowest BCUT2D eigenvalue weighted by Crippen LogP contribution is -2.07. The summed E-state index contributed by atoms with van der Waals surface area (Å²) in [4.78, 5) is 16.9. The van der Waals surface area contributed by atoms with E-state index in [-0.39, 0.29) is 16.4 Å². The van der Waals surface area contributed by atoms with Crippen molar-refractivity contribution in [2.45, 2.75) is 10.1 Å². The van der Waals surface area contributed by atoms with Crippen LogP contribution in [0.5, 0.6) is 0 Å². The predicted octanol–water partition coefficient (Wildman–Crippen LogP) is 2.53. The number of hydrogen-bond donors (Lipinski definition) is 1. The van der Waals surface area contributed by atoms with E-state index in [1.54, 1.807) is 48.5 Å². The molecule has 2 aromatic carbocycles. The third-order valence-electron chi connectivity index (χ3n) is 4.91. The molecule has 0 amide bonds. The molecule has 0 saturated heterocycles. The molecule has 0 radical (unpaired) electrons. The van der Waals surface area contributed by atoms with Crippen molar-refractivity contribution in [3.05, 3.63) is 78.8 Å². The zero-order valence-electron chi connectivity index (χ0n) is 16.9. The van der Waals surface area contributed by atoms with Gasteiger partial charge in [0.15, 0.2) is 11.5 Å². The molecule has 0 aliphatic carbocycles. The maximum absolute atomic E-state index is 13.1. The topological polar surface area (TPSA) is 153 Å². The van der Waals surface area contributed by atoms with Gasteiger partial charge < -0.3 is 5.73 Å². The van der Waals surface area contributed by atoms with Gasteiger partial charge in [0.1, 0.15) is 17.7 Å². The van der Waals surface area contributed by atoms with E-state index >= 15 is 0 Å². The lowest BCUT2D eigenvalue weighted by Gasteiger charge is -2.12. The van der Waals surface area contributed by atoms with Gasteiger partial charge in [0.05, 0.1) is 22.2 Å². The van der Waals surface area contributed by atoms with Crippen LogP contribution in [0.15, 0.2) is 83.2 Å². The minimum Gasteiger partial charge on any atom is -0.381 e. The monoisotopic (exact) mass is 454 g/mol. The number of nitrogens with zero attached hydrogens (tertiary/aromatic N) is 7. The summed E-state index contributed by atoms with van der Waals surface area (Å²) in [6, 6.07) is 18.5. The number of benzene rings is 2. The summed E-state index contributed by atoms with van der Waals surface area (Å²) in [5, 5.41) is 13.5. The van der Waals surface area contributed by atoms with E-state index in [2.05, 4.69) is 31.1 Å². The molecule has 0 fully saturated rings. The molecule has 0 saturated carbocycles. The standard InChI is InChI=1S/C22H14N8O2S/c23-12-14-6-4-5-9-16(14)18-19(17-10-11-25-13-26-17)30-21(20(24)27-18)28-22(29-30)33(31,32)15-7-2-1-3-8-15/h1-11,13H,(H2,24,27). The van der Waals surface area contributed by atoms with Crippen LogP contribution in [-0.4, -0.2) is 38.0 Å². The van der Waals surface area contributed by atoms with Gasteiger partial charge in [0.2, 0.25) is 9.84 Å². The van der Waals surface area contributed by atoms with E-state index < -0.39 is 15.0 Å². The van der Waals surface area contributed by atoms with Gasteiger partial charge >= 0.3 is 0 Å². The van der Waals surface area contributed by atoms with Crippen molar-refractivity contribution in [3.63, 3.8) is 0 Å². The fourth-order valence-electron chi connectivity index (χ4n) is 3.39. The molecule has 5 rings (SSSR count). The van der Waals surface area contributed by atoms with E-state index in [1.165, 1.54) is 29.2 Å². The Kier molecular flexibility index (Phi) is 4.77. The zero-order chi connectivity index (χ0) is 23.0. The van der Waals surface area contributed by atoms with E-state index in [0.29, 0.717) is 28.2 Å². The quantitative estimate of drug-likeness (QED) is 0.431. The summed E-state index contributed by atoms with van der Waals surface area (Å²) in [5.74, 6) is -0.0439. The first-order chi connectivity index (χ1) is 16.0. The highest BCUT2D eigenvalue weighted by atomic mass is 32.2. The Hall–Kier alpha value is -4.69. The molecule has 160 valence electrons. The number of nitrogen functional groups attached to an aromatic ring is 1. The van der Waals surface area contributed by atoms with E-state index in [4.69, 9.17) is 5.73 Å². The van der Waals surface area contributed by atoms with E-state index in [9.17, 15) is 13.7 Å². The molecule has 2 N–H and O–H groups in total. The molecule has 11 heteroatoms. The average Bonchev–Trinajstić information content (AvgIpc) is 3.32. The second kappa shape index (κ2) is 7.77. The summed E-state index contributed by atoms with van der Waals surface area (Å²) in [6.07, 6.45) is 2.87. The first-order valence-corrected chi connectivity index (χ1v) is 11.1. The Balaban J connectivity index is 1.86. The number of hydrogen-bond acceptors (Lipinski definition) is 9. The Bertz CT molecular complexity index is 1640. The molecule has 5 aromatic rings. The Morgan fingerprint density at radius 3 is 2.45 bits per heavy atom. The Morgan fingerprint density at radius 2 is 1.73 bits per heavy atom. The summed E-state index contributed by atoms with van der Waals surface area (Å²) < 4.78 is 27.6. The van der Waals surface area contributed by atoms with Crippen molar-refractivity contribution >= 4 is 21.3 Å². The van der Waals surface area contributed by atoms with E-state index in [0.717, 1.165) is 0 Å². The van der Waals surface area contributed by atoms with Crippen LogP contribution in [0.4, 0.5) is 5.82 Å². The van der Waals surface area contributed by atoms with Crippen LogP contribution >= 0.6 is 0 Å². The smallest absolute Gasteiger partial charge is 0.272 e. The highest BCUT2D eigenvalue weighted by molar-refractivity contribution is 7.91. The predicted molar refractivity (Wildman–Crippen MR) is 118 cm³/mol. The van der Waals surface area contributed by atoms with Crippen LogP contribution < -0.4 is 5.73 Å². The van der Waals surface area contributed by atoms with Crippen molar-refractivity contribution in [1.82, 2.24) is 29.5 Å². The number of anilines is 1. The molecule has 0 unspecified atom stereocenters. The van der Waals surface area contributed by atoms with Crippen LogP contribution in [0, 0.1) is 11.3 Å². The minimum absolute atomic E-state index is 0.0439. The highest BCUT2D eigenvalue weighted by Gasteiger charge is 2.27. The van der Waals surface area contributed by atoms with Gasteiger partial charge in [0.25, 0.3) is 5.16 Å². The van der Waals surface area contributed by atoms with Crippen molar-refractivity contribution in [1.29, 1.82) is 5.26 Å². The Morgan fingerprint density at radius 1 is 0.970 bits per heavy atom. The largest absolute Gasteiger partial charge is 0.381 e. The van der Waals surface area contributed by atoms with Crippen molar-refractivity contribution in [3.8, 4) is 28.7 Å². The lowest BCUT2D eigenvalue weighted by atomic mass is 10.0. The van der Waals surface area contributed by atoms with Gasteiger partial charge in [0, 0.05) is 11.8 Å². The van der Waals surface area contributed by atoms with E-state index in [1.807, 2.05) is 0 Å². The molecule has 10 nitrogen and oxygen atoms in total. The number of sulfone groups is 1. The molecular weight excluding hydrogens is 440 g/mol. The third kappa shape index (κ3) is 3.35. The molecule has 0 atom stereocenters. The van der Waals surface area contributed by atoms with Crippen LogP contribution in [-0.2, 0) is 9.84 Å². The number of fused-ring (bicyclic) bond motifs is 1.